The van der Waals surface area contributed by atoms with Gasteiger partial charge < -0.3 is 10.1 Å². The van der Waals surface area contributed by atoms with Gasteiger partial charge in [0.25, 0.3) is 5.56 Å². The van der Waals surface area contributed by atoms with Gasteiger partial charge in [-0.15, -0.1) is 0 Å². The molecule has 0 fully saturated rings. The lowest BCUT2D eigenvalue weighted by molar-refractivity contribution is 0.449. The van der Waals surface area contributed by atoms with E-state index in [0.717, 1.165) is 6.33 Å². The third kappa shape index (κ3) is 2.17. The van der Waals surface area contributed by atoms with Gasteiger partial charge in [0.05, 0.1) is 18.8 Å². The molecule has 1 aromatic heterocycles. The van der Waals surface area contributed by atoms with Crippen LogP contribution in [0.25, 0.3) is 6.08 Å². The van der Waals surface area contributed by atoms with E-state index in [9.17, 15) is 4.79 Å². The third-order valence-corrected chi connectivity index (χ3v) is 1.36. The van der Waals surface area contributed by atoms with Crippen LogP contribution in [0.3, 0.4) is 0 Å². The van der Waals surface area contributed by atoms with Crippen molar-refractivity contribution in [2.24, 2.45) is 0 Å². The van der Waals surface area contributed by atoms with Gasteiger partial charge >= 0.3 is 0 Å². The van der Waals surface area contributed by atoms with Crippen molar-refractivity contribution in [3.05, 3.63) is 28.3 Å². The second kappa shape index (κ2) is 4.07. The largest absolute Gasteiger partial charge is 0.493 e. The summed E-state index contributed by atoms with van der Waals surface area (Å²) in [5.41, 5.74) is -0.362. The molecule has 0 aliphatic rings. The molecule has 1 aromatic rings. The molecule has 66 valence electrons. The molecule has 0 saturated carbocycles. The van der Waals surface area contributed by atoms with Crippen LogP contribution in [-0.2, 0) is 0 Å². The fourth-order valence-electron chi connectivity index (χ4n) is 0.781. The molecular weight excluding hydrogens is 170 g/mol. The van der Waals surface area contributed by atoms with Gasteiger partial charge in [-0.05, 0) is 6.08 Å². The van der Waals surface area contributed by atoms with E-state index in [2.05, 4.69) is 9.97 Å². The van der Waals surface area contributed by atoms with E-state index in [1.165, 1.54) is 12.2 Å². The molecule has 5 heteroatoms. The maximum Gasteiger partial charge on any atom is 0.261 e. The molecule has 0 aliphatic heterocycles. The van der Waals surface area contributed by atoms with Crippen LogP contribution in [0.1, 0.15) is 12.0 Å². The smallest absolute Gasteiger partial charge is 0.261 e. The fraction of sp³-hybridized carbons (Fsp3) is 0.125. The predicted molar refractivity (Wildman–Crippen MR) is 45.8 cm³/mol. The highest BCUT2D eigenvalue weighted by Crippen LogP contribution is 2.07. The van der Waals surface area contributed by atoms with E-state index in [1.807, 2.05) is 6.07 Å². The van der Waals surface area contributed by atoms with Crippen LogP contribution in [0.15, 0.2) is 17.2 Å². The lowest BCUT2D eigenvalue weighted by atomic mass is 10.2. The average Bonchev–Trinajstić information content (AvgIpc) is 2.10. The van der Waals surface area contributed by atoms with Gasteiger partial charge in [0, 0.05) is 0 Å². The Balaban J connectivity index is 3.02. The summed E-state index contributed by atoms with van der Waals surface area (Å²) in [6.07, 6.45) is 4.14. The molecule has 0 unspecified atom stereocenters. The monoisotopic (exact) mass is 177 g/mol. The Morgan fingerprint density at radius 3 is 3.15 bits per heavy atom. The minimum atomic E-state index is -0.429. The van der Waals surface area contributed by atoms with Crippen LogP contribution < -0.4 is 5.56 Å². The number of rotatable bonds is 2. The van der Waals surface area contributed by atoms with Gasteiger partial charge in [-0.3, -0.25) is 4.79 Å². The van der Waals surface area contributed by atoms with Crippen molar-refractivity contribution < 1.29 is 5.11 Å². The van der Waals surface area contributed by atoms with Gasteiger partial charge in [-0.2, -0.15) is 5.26 Å². The Bertz CT molecular complexity index is 414. The third-order valence-electron chi connectivity index (χ3n) is 1.36. The van der Waals surface area contributed by atoms with Crippen LogP contribution >= 0.6 is 0 Å². The molecule has 1 heterocycles. The van der Waals surface area contributed by atoms with Gasteiger partial charge in [-0.1, -0.05) is 6.08 Å². The quantitative estimate of drug-likeness (QED) is 0.684. The second-order valence-corrected chi connectivity index (χ2v) is 2.23. The molecule has 0 spiro atoms. The van der Waals surface area contributed by atoms with Gasteiger partial charge in [0.1, 0.15) is 5.56 Å². The van der Waals surface area contributed by atoms with Gasteiger partial charge in [0.2, 0.25) is 5.88 Å². The molecule has 0 bridgehead atoms. The van der Waals surface area contributed by atoms with Crippen molar-refractivity contribution in [2.75, 3.05) is 0 Å². The SMILES string of the molecule is N#CCC=Cc1c(O)nc[nH]c1=O. The molecule has 1 rings (SSSR count). The highest BCUT2D eigenvalue weighted by atomic mass is 16.3. The molecule has 0 atom stereocenters. The van der Waals surface area contributed by atoms with Crippen molar-refractivity contribution in [1.29, 1.82) is 5.26 Å². The van der Waals surface area contributed by atoms with Crippen LogP contribution in [0, 0.1) is 11.3 Å². The molecule has 0 saturated heterocycles. The molecule has 2 N–H and O–H groups in total. The number of aromatic hydroxyl groups is 1. The zero-order chi connectivity index (χ0) is 9.68. The first-order chi connectivity index (χ1) is 6.25. The first kappa shape index (κ1) is 9.00. The summed E-state index contributed by atoms with van der Waals surface area (Å²) in [6, 6.07) is 1.88. The fourth-order valence-corrected chi connectivity index (χ4v) is 0.781. The first-order valence-electron chi connectivity index (χ1n) is 3.56. The van der Waals surface area contributed by atoms with Crippen molar-refractivity contribution in [3.8, 4) is 11.9 Å². The van der Waals surface area contributed by atoms with E-state index in [-0.39, 0.29) is 17.9 Å². The van der Waals surface area contributed by atoms with E-state index < -0.39 is 5.56 Å². The van der Waals surface area contributed by atoms with Crippen LogP contribution in [-0.4, -0.2) is 15.1 Å². The first-order valence-corrected chi connectivity index (χ1v) is 3.56. The number of H-pyrrole nitrogens is 1. The van der Waals surface area contributed by atoms with Crippen LogP contribution in [0.5, 0.6) is 5.88 Å². The standard InChI is InChI=1S/C8H7N3O2/c9-4-2-1-3-6-7(12)10-5-11-8(6)13/h1,3,5H,2H2,(H2,10,11,12,13). The lowest BCUT2D eigenvalue weighted by Gasteiger charge is -1.93. The number of nitriles is 1. The molecule has 0 aromatic carbocycles. The molecule has 0 amide bonds. The number of nitrogens with zero attached hydrogens (tertiary/aromatic N) is 2. The van der Waals surface area contributed by atoms with Gasteiger partial charge in [-0.25, -0.2) is 4.98 Å². The summed E-state index contributed by atoms with van der Waals surface area (Å²) in [5.74, 6) is -0.335. The Kier molecular flexibility index (Phi) is 2.82. The zero-order valence-corrected chi connectivity index (χ0v) is 6.69. The normalized spacial score (nSPS) is 10.1. The molecule has 13 heavy (non-hydrogen) atoms. The number of hydrogen-bond donors (Lipinski definition) is 2. The average molecular weight is 177 g/mol. The van der Waals surface area contributed by atoms with E-state index in [1.54, 1.807) is 0 Å². The predicted octanol–water partition coefficient (Wildman–Crippen LogP) is 0.402. The molecule has 0 radical (unpaired) electrons. The highest BCUT2D eigenvalue weighted by Gasteiger charge is 2.01. The van der Waals surface area contributed by atoms with Gasteiger partial charge in [0.15, 0.2) is 0 Å². The minimum Gasteiger partial charge on any atom is -0.493 e. The van der Waals surface area contributed by atoms with E-state index >= 15 is 0 Å². The molecule has 5 nitrogen and oxygen atoms in total. The maximum absolute atomic E-state index is 11.0. The Labute approximate surface area is 74.0 Å². The summed E-state index contributed by atoms with van der Waals surface area (Å²) in [5, 5.41) is 17.3. The number of nitrogens with one attached hydrogen (secondary N) is 1. The molecule has 0 aliphatic carbocycles. The van der Waals surface area contributed by atoms with Crippen molar-refractivity contribution in [2.45, 2.75) is 6.42 Å². The van der Waals surface area contributed by atoms with Crippen molar-refractivity contribution >= 4 is 6.08 Å². The Morgan fingerprint density at radius 1 is 1.77 bits per heavy atom. The number of hydrogen-bond acceptors (Lipinski definition) is 4. The minimum absolute atomic E-state index is 0.0674. The van der Waals surface area contributed by atoms with Crippen molar-refractivity contribution in [3.63, 3.8) is 0 Å². The molecular formula is C8H7N3O2. The number of allylic oxidation sites excluding steroid dienone is 1. The van der Waals surface area contributed by atoms with Crippen LogP contribution in [0.4, 0.5) is 0 Å². The summed E-state index contributed by atoms with van der Waals surface area (Å²) in [6.45, 7) is 0. The summed E-state index contributed by atoms with van der Waals surface area (Å²) in [4.78, 5) is 16.8. The van der Waals surface area contributed by atoms with E-state index in [4.69, 9.17) is 10.4 Å². The second-order valence-electron chi connectivity index (χ2n) is 2.23. The zero-order valence-electron chi connectivity index (χ0n) is 6.69. The lowest BCUT2D eigenvalue weighted by Crippen LogP contribution is -2.09. The maximum atomic E-state index is 11.0. The van der Waals surface area contributed by atoms with Crippen molar-refractivity contribution in [1.82, 2.24) is 9.97 Å². The number of aromatic amines is 1. The summed E-state index contributed by atoms with van der Waals surface area (Å²) >= 11 is 0. The Morgan fingerprint density at radius 2 is 2.54 bits per heavy atom. The Hall–Kier alpha value is -2.09. The topological polar surface area (TPSA) is 89.8 Å². The number of aromatic nitrogens is 2. The van der Waals surface area contributed by atoms with E-state index in [0.29, 0.717) is 0 Å². The summed E-state index contributed by atoms with van der Waals surface area (Å²) in [7, 11) is 0. The van der Waals surface area contributed by atoms with Crippen LogP contribution in [0.2, 0.25) is 0 Å². The summed E-state index contributed by atoms with van der Waals surface area (Å²) < 4.78 is 0. The highest BCUT2D eigenvalue weighted by molar-refractivity contribution is 5.52.